The first-order chi connectivity index (χ1) is 7.15. The summed E-state index contributed by atoms with van der Waals surface area (Å²) in [6.45, 7) is 8.10. The fourth-order valence-corrected chi connectivity index (χ4v) is 1.10. The Morgan fingerprint density at radius 3 is 2.25 bits per heavy atom. The third kappa shape index (κ3) is 5.70. The van der Waals surface area contributed by atoms with Crippen LogP contribution in [0.1, 0.15) is 34.1 Å². The van der Waals surface area contributed by atoms with E-state index >= 15 is 0 Å². The Balaban J connectivity index is 4.03. The average Bonchev–Trinajstić information content (AvgIpc) is 2.13. The first-order valence-electron chi connectivity index (χ1n) is 5.38. The van der Waals surface area contributed by atoms with E-state index in [1.807, 2.05) is 20.8 Å². The lowest BCUT2D eigenvalue weighted by molar-refractivity contribution is -0.148. The number of rotatable bonds is 5. The Labute approximate surface area is 96.8 Å². The number of carbonyl (C=O) groups excluding carboxylic acids is 1. The van der Waals surface area contributed by atoms with Crippen LogP contribution in [0.25, 0.3) is 0 Å². The Morgan fingerprint density at radius 1 is 1.38 bits per heavy atom. The second kappa shape index (κ2) is 5.84. The quantitative estimate of drug-likeness (QED) is 0.729. The van der Waals surface area contributed by atoms with Gasteiger partial charge in [0, 0.05) is 25.6 Å². The molecule has 16 heavy (non-hydrogen) atoms. The van der Waals surface area contributed by atoms with Crippen LogP contribution in [0.4, 0.5) is 0 Å². The Hall–Kier alpha value is -1.10. The van der Waals surface area contributed by atoms with Crippen LogP contribution in [0.2, 0.25) is 0 Å². The van der Waals surface area contributed by atoms with Gasteiger partial charge in [-0.3, -0.25) is 4.79 Å². The third-order valence-electron chi connectivity index (χ3n) is 2.33. The molecule has 0 rings (SSSR count). The number of hydrogen-bond donors (Lipinski definition) is 2. The average molecular weight is 230 g/mol. The van der Waals surface area contributed by atoms with Gasteiger partial charge < -0.3 is 15.3 Å². The molecule has 0 heterocycles. The van der Waals surface area contributed by atoms with E-state index in [0.717, 1.165) is 0 Å². The number of aliphatic carboxylic acids is 1. The summed E-state index contributed by atoms with van der Waals surface area (Å²) in [5.74, 6) is -1.15. The number of carboxylic acid groups (broad SMARTS) is 1. The van der Waals surface area contributed by atoms with Crippen LogP contribution in [0.5, 0.6) is 0 Å². The standard InChI is InChI=1S/C11H22N2O3/c1-8(10(15)16)13(5)9(14)6-7-12-11(2,3)4/h8,12H,6-7H2,1-5H3,(H,15,16). The summed E-state index contributed by atoms with van der Waals surface area (Å²) in [5.41, 5.74) is -0.0305. The zero-order chi connectivity index (χ0) is 12.9. The van der Waals surface area contributed by atoms with E-state index in [1.54, 1.807) is 0 Å². The van der Waals surface area contributed by atoms with Gasteiger partial charge in [-0.05, 0) is 27.7 Å². The second-order valence-corrected chi connectivity index (χ2v) is 4.95. The highest BCUT2D eigenvalue weighted by atomic mass is 16.4. The van der Waals surface area contributed by atoms with Gasteiger partial charge in [-0.2, -0.15) is 0 Å². The van der Waals surface area contributed by atoms with Gasteiger partial charge in [0.25, 0.3) is 0 Å². The molecule has 2 N–H and O–H groups in total. The molecule has 0 aliphatic heterocycles. The fraction of sp³-hybridized carbons (Fsp3) is 0.818. The summed E-state index contributed by atoms with van der Waals surface area (Å²) in [7, 11) is 1.51. The maximum Gasteiger partial charge on any atom is 0.326 e. The number of amides is 1. The summed E-state index contributed by atoms with van der Waals surface area (Å²) in [6, 6.07) is -0.776. The molecule has 1 unspecified atom stereocenters. The summed E-state index contributed by atoms with van der Waals surface area (Å²) in [4.78, 5) is 23.5. The maximum atomic E-state index is 11.6. The minimum absolute atomic E-state index is 0.0305. The molecule has 0 bridgehead atoms. The highest BCUT2D eigenvalue weighted by molar-refractivity contribution is 5.83. The van der Waals surface area contributed by atoms with Gasteiger partial charge in [0.2, 0.25) is 5.91 Å². The normalized spacial score (nSPS) is 13.3. The molecule has 0 aliphatic carbocycles. The predicted octanol–water partition coefficient (Wildman–Crippen LogP) is 0.696. The number of likely N-dealkylation sites (N-methyl/N-ethyl adjacent to an activating group) is 1. The summed E-state index contributed by atoms with van der Waals surface area (Å²) < 4.78 is 0. The summed E-state index contributed by atoms with van der Waals surface area (Å²) in [6.07, 6.45) is 0.311. The summed E-state index contributed by atoms with van der Waals surface area (Å²) >= 11 is 0. The highest BCUT2D eigenvalue weighted by Crippen LogP contribution is 2.01. The number of nitrogens with one attached hydrogen (secondary N) is 1. The van der Waals surface area contributed by atoms with E-state index in [-0.39, 0.29) is 11.4 Å². The van der Waals surface area contributed by atoms with Crippen molar-refractivity contribution in [3.05, 3.63) is 0 Å². The van der Waals surface area contributed by atoms with Gasteiger partial charge in [0.1, 0.15) is 6.04 Å². The molecule has 0 saturated heterocycles. The van der Waals surface area contributed by atoms with Crippen LogP contribution in [0.3, 0.4) is 0 Å². The lowest BCUT2D eigenvalue weighted by Crippen LogP contribution is -2.43. The van der Waals surface area contributed by atoms with Crippen molar-refractivity contribution in [2.24, 2.45) is 0 Å². The van der Waals surface area contributed by atoms with Gasteiger partial charge in [-0.15, -0.1) is 0 Å². The van der Waals surface area contributed by atoms with Crippen molar-refractivity contribution in [1.82, 2.24) is 10.2 Å². The lowest BCUT2D eigenvalue weighted by atomic mass is 10.1. The molecular formula is C11H22N2O3. The van der Waals surface area contributed by atoms with Gasteiger partial charge in [0.05, 0.1) is 0 Å². The van der Waals surface area contributed by atoms with Crippen molar-refractivity contribution < 1.29 is 14.7 Å². The van der Waals surface area contributed by atoms with Crippen LogP contribution in [-0.4, -0.2) is 47.1 Å². The van der Waals surface area contributed by atoms with E-state index < -0.39 is 12.0 Å². The molecule has 0 radical (unpaired) electrons. The molecule has 94 valence electrons. The van der Waals surface area contributed by atoms with Gasteiger partial charge in [-0.1, -0.05) is 0 Å². The lowest BCUT2D eigenvalue weighted by Gasteiger charge is -2.24. The molecule has 0 fully saturated rings. The van der Waals surface area contributed by atoms with E-state index in [2.05, 4.69) is 5.32 Å². The summed E-state index contributed by atoms with van der Waals surface area (Å²) in [5, 5.41) is 11.9. The van der Waals surface area contributed by atoms with E-state index in [9.17, 15) is 9.59 Å². The monoisotopic (exact) mass is 230 g/mol. The van der Waals surface area contributed by atoms with Crippen LogP contribution >= 0.6 is 0 Å². The van der Waals surface area contributed by atoms with Crippen molar-refractivity contribution in [1.29, 1.82) is 0 Å². The number of carbonyl (C=O) groups is 2. The first-order valence-corrected chi connectivity index (χ1v) is 5.38. The van der Waals surface area contributed by atoms with Crippen LogP contribution in [-0.2, 0) is 9.59 Å². The Morgan fingerprint density at radius 2 is 1.88 bits per heavy atom. The van der Waals surface area contributed by atoms with Gasteiger partial charge >= 0.3 is 5.97 Å². The number of nitrogens with zero attached hydrogens (tertiary/aromatic N) is 1. The van der Waals surface area contributed by atoms with E-state index in [0.29, 0.717) is 13.0 Å². The molecule has 1 amide bonds. The molecule has 0 aromatic rings. The predicted molar refractivity (Wildman–Crippen MR) is 62.2 cm³/mol. The van der Waals surface area contributed by atoms with E-state index in [4.69, 9.17) is 5.11 Å². The molecule has 0 spiro atoms. The van der Waals surface area contributed by atoms with Crippen molar-refractivity contribution >= 4 is 11.9 Å². The molecule has 0 aliphatic rings. The number of hydrogen-bond acceptors (Lipinski definition) is 3. The Kier molecular flexibility index (Phi) is 5.44. The minimum atomic E-state index is -0.986. The maximum absolute atomic E-state index is 11.6. The van der Waals surface area contributed by atoms with Crippen molar-refractivity contribution in [2.75, 3.05) is 13.6 Å². The number of carboxylic acids is 1. The molecule has 0 aromatic carbocycles. The molecule has 1 atom stereocenters. The molecular weight excluding hydrogens is 208 g/mol. The molecule has 0 aromatic heterocycles. The second-order valence-electron chi connectivity index (χ2n) is 4.95. The molecule has 5 heteroatoms. The van der Waals surface area contributed by atoms with Crippen molar-refractivity contribution in [2.45, 2.75) is 45.7 Å². The topological polar surface area (TPSA) is 69.6 Å². The third-order valence-corrected chi connectivity index (χ3v) is 2.33. The molecule has 0 saturated carbocycles. The first kappa shape index (κ1) is 14.9. The molecule has 5 nitrogen and oxygen atoms in total. The van der Waals surface area contributed by atoms with Gasteiger partial charge in [0.15, 0.2) is 0 Å². The fourth-order valence-electron chi connectivity index (χ4n) is 1.10. The van der Waals surface area contributed by atoms with Crippen LogP contribution < -0.4 is 5.32 Å². The zero-order valence-electron chi connectivity index (χ0n) is 10.7. The largest absolute Gasteiger partial charge is 0.480 e. The van der Waals surface area contributed by atoms with Crippen LogP contribution in [0.15, 0.2) is 0 Å². The zero-order valence-corrected chi connectivity index (χ0v) is 10.7. The minimum Gasteiger partial charge on any atom is -0.480 e. The smallest absolute Gasteiger partial charge is 0.326 e. The van der Waals surface area contributed by atoms with Crippen LogP contribution in [0, 0.1) is 0 Å². The Bertz CT molecular complexity index is 258. The highest BCUT2D eigenvalue weighted by Gasteiger charge is 2.21. The van der Waals surface area contributed by atoms with E-state index in [1.165, 1.54) is 18.9 Å². The van der Waals surface area contributed by atoms with Gasteiger partial charge in [-0.25, -0.2) is 4.79 Å². The SMILES string of the molecule is CC(C(=O)O)N(C)C(=O)CCNC(C)(C)C. The van der Waals surface area contributed by atoms with Crippen molar-refractivity contribution in [3.8, 4) is 0 Å². The van der Waals surface area contributed by atoms with Crippen molar-refractivity contribution in [3.63, 3.8) is 0 Å².